The van der Waals surface area contributed by atoms with E-state index >= 15 is 0 Å². The second-order valence-electron chi connectivity index (χ2n) is 6.51. The standard InChI is InChI=1S/C20H41/c1-3-5-7-9-11-13-15-17-19-20-18-16-14-12-10-8-6-4-2/h1,3-20H2,2H3. The maximum Gasteiger partial charge on any atom is -0.0533 e. The van der Waals surface area contributed by atoms with E-state index in [9.17, 15) is 0 Å². The van der Waals surface area contributed by atoms with Gasteiger partial charge in [0.2, 0.25) is 0 Å². The van der Waals surface area contributed by atoms with Gasteiger partial charge in [0.05, 0.1) is 0 Å². The molecule has 0 aliphatic carbocycles. The third-order valence-electron chi connectivity index (χ3n) is 4.35. The van der Waals surface area contributed by atoms with Crippen molar-refractivity contribution in [2.45, 2.75) is 122 Å². The van der Waals surface area contributed by atoms with Crippen molar-refractivity contribution in [2.24, 2.45) is 0 Å². The van der Waals surface area contributed by atoms with Crippen molar-refractivity contribution in [1.82, 2.24) is 0 Å². The summed E-state index contributed by atoms with van der Waals surface area (Å²) in [6.45, 7) is 6.19. The van der Waals surface area contributed by atoms with Crippen molar-refractivity contribution >= 4 is 0 Å². The summed E-state index contributed by atoms with van der Waals surface area (Å²) in [5.74, 6) is 0. The van der Waals surface area contributed by atoms with E-state index in [2.05, 4.69) is 13.8 Å². The van der Waals surface area contributed by atoms with Crippen LogP contribution < -0.4 is 0 Å². The van der Waals surface area contributed by atoms with Crippen molar-refractivity contribution in [3.05, 3.63) is 6.92 Å². The molecule has 0 aromatic heterocycles. The minimum atomic E-state index is 1.12. The van der Waals surface area contributed by atoms with Crippen LogP contribution in [0.1, 0.15) is 122 Å². The largest absolute Gasteiger partial charge is 0.0654 e. The lowest BCUT2D eigenvalue weighted by Crippen LogP contribution is -1.83. The zero-order chi connectivity index (χ0) is 14.7. The van der Waals surface area contributed by atoms with Crippen LogP contribution in [-0.2, 0) is 0 Å². The van der Waals surface area contributed by atoms with E-state index in [1.54, 1.807) is 0 Å². The quantitative estimate of drug-likeness (QED) is 0.238. The molecule has 0 aromatic rings. The number of hydrogen-bond acceptors (Lipinski definition) is 0. The van der Waals surface area contributed by atoms with Gasteiger partial charge in [-0.2, -0.15) is 0 Å². The molecule has 0 aliphatic rings. The number of rotatable bonds is 17. The predicted octanol–water partition coefficient (Wildman–Crippen LogP) is 7.86. The molecule has 0 N–H and O–H groups in total. The molecule has 0 rings (SSSR count). The summed E-state index contributed by atoms with van der Waals surface area (Å²) in [6.07, 6.45) is 25.8. The topological polar surface area (TPSA) is 0 Å². The molecular formula is C20H41. The second-order valence-corrected chi connectivity index (χ2v) is 6.51. The fourth-order valence-electron chi connectivity index (χ4n) is 2.90. The van der Waals surface area contributed by atoms with Crippen LogP contribution in [0.4, 0.5) is 0 Å². The van der Waals surface area contributed by atoms with Crippen LogP contribution in [0.15, 0.2) is 0 Å². The minimum Gasteiger partial charge on any atom is -0.0654 e. The molecule has 0 heterocycles. The fraction of sp³-hybridized carbons (Fsp3) is 0.950. The molecule has 1 radical (unpaired) electrons. The van der Waals surface area contributed by atoms with Crippen LogP contribution in [0.25, 0.3) is 0 Å². The molecule has 0 nitrogen and oxygen atoms in total. The van der Waals surface area contributed by atoms with Crippen LogP contribution in [0.5, 0.6) is 0 Å². The van der Waals surface area contributed by atoms with Crippen LogP contribution >= 0.6 is 0 Å². The molecule has 0 heteroatoms. The highest BCUT2D eigenvalue weighted by atomic mass is 14.0. The van der Waals surface area contributed by atoms with E-state index in [0.29, 0.717) is 0 Å². The summed E-state index contributed by atoms with van der Waals surface area (Å²) in [5.41, 5.74) is 0. The first-order valence-corrected chi connectivity index (χ1v) is 9.71. The smallest absolute Gasteiger partial charge is 0.0533 e. The number of hydrogen-bond donors (Lipinski definition) is 0. The van der Waals surface area contributed by atoms with Gasteiger partial charge in [0.15, 0.2) is 0 Å². The Morgan fingerprint density at radius 2 is 0.650 bits per heavy atom. The third kappa shape index (κ3) is 18.0. The fourth-order valence-corrected chi connectivity index (χ4v) is 2.90. The van der Waals surface area contributed by atoms with E-state index in [0.717, 1.165) is 6.42 Å². The lowest BCUT2D eigenvalue weighted by molar-refractivity contribution is 0.527. The molecule has 0 bridgehead atoms. The Hall–Kier alpha value is 0. The van der Waals surface area contributed by atoms with E-state index in [4.69, 9.17) is 0 Å². The van der Waals surface area contributed by atoms with Gasteiger partial charge in [-0.25, -0.2) is 0 Å². The van der Waals surface area contributed by atoms with Gasteiger partial charge in [0.25, 0.3) is 0 Å². The van der Waals surface area contributed by atoms with Crippen LogP contribution in [0.3, 0.4) is 0 Å². The molecule has 0 aromatic carbocycles. The Balaban J connectivity index is 2.89. The van der Waals surface area contributed by atoms with Crippen molar-refractivity contribution in [3.63, 3.8) is 0 Å². The summed E-state index contributed by atoms with van der Waals surface area (Å²) in [7, 11) is 0. The third-order valence-corrected chi connectivity index (χ3v) is 4.35. The first-order chi connectivity index (χ1) is 9.91. The van der Waals surface area contributed by atoms with Gasteiger partial charge in [0, 0.05) is 0 Å². The maximum atomic E-state index is 3.89. The van der Waals surface area contributed by atoms with Gasteiger partial charge in [-0.1, -0.05) is 129 Å². The Labute approximate surface area is 130 Å². The van der Waals surface area contributed by atoms with Gasteiger partial charge in [-0.3, -0.25) is 0 Å². The minimum absolute atomic E-state index is 1.12. The van der Waals surface area contributed by atoms with E-state index in [1.807, 2.05) is 0 Å². The maximum absolute atomic E-state index is 3.89. The summed E-state index contributed by atoms with van der Waals surface area (Å²) in [5, 5.41) is 0. The molecule has 0 unspecified atom stereocenters. The normalized spacial score (nSPS) is 11.1. The van der Waals surface area contributed by atoms with E-state index < -0.39 is 0 Å². The van der Waals surface area contributed by atoms with Gasteiger partial charge < -0.3 is 0 Å². The van der Waals surface area contributed by atoms with Crippen molar-refractivity contribution in [3.8, 4) is 0 Å². The van der Waals surface area contributed by atoms with Gasteiger partial charge in [-0.05, 0) is 0 Å². The Morgan fingerprint density at radius 1 is 0.400 bits per heavy atom. The Bertz CT molecular complexity index is 132. The molecule has 20 heavy (non-hydrogen) atoms. The van der Waals surface area contributed by atoms with Gasteiger partial charge >= 0.3 is 0 Å². The van der Waals surface area contributed by atoms with Crippen molar-refractivity contribution in [2.75, 3.05) is 0 Å². The van der Waals surface area contributed by atoms with Crippen molar-refractivity contribution < 1.29 is 0 Å². The zero-order valence-electron chi connectivity index (χ0n) is 14.4. The zero-order valence-corrected chi connectivity index (χ0v) is 14.4. The average molecular weight is 282 g/mol. The highest BCUT2D eigenvalue weighted by molar-refractivity contribution is 4.50. The summed E-state index contributed by atoms with van der Waals surface area (Å²) < 4.78 is 0. The highest BCUT2D eigenvalue weighted by Crippen LogP contribution is 2.14. The van der Waals surface area contributed by atoms with Gasteiger partial charge in [0.1, 0.15) is 0 Å². The van der Waals surface area contributed by atoms with E-state index in [1.165, 1.54) is 109 Å². The first kappa shape index (κ1) is 20.0. The van der Waals surface area contributed by atoms with Gasteiger partial charge in [-0.15, -0.1) is 0 Å². The first-order valence-electron chi connectivity index (χ1n) is 9.71. The van der Waals surface area contributed by atoms with Crippen LogP contribution in [0, 0.1) is 6.92 Å². The lowest BCUT2D eigenvalue weighted by Gasteiger charge is -2.03. The highest BCUT2D eigenvalue weighted by Gasteiger charge is 1.94. The lowest BCUT2D eigenvalue weighted by atomic mass is 10.0. The van der Waals surface area contributed by atoms with E-state index in [-0.39, 0.29) is 0 Å². The molecule has 0 saturated heterocycles. The summed E-state index contributed by atoms with van der Waals surface area (Å²) in [6, 6.07) is 0. The average Bonchev–Trinajstić information content (AvgIpc) is 2.47. The molecule has 0 spiro atoms. The molecule has 0 fully saturated rings. The number of unbranched alkanes of at least 4 members (excludes halogenated alkanes) is 17. The molecule has 0 amide bonds. The molecule has 0 aliphatic heterocycles. The van der Waals surface area contributed by atoms with Crippen LogP contribution in [0.2, 0.25) is 0 Å². The summed E-state index contributed by atoms with van der Waals surface area (Å²) >= 11 is 0. The molecule has 0 saturated carbocycles. The molecular weight excluding hydrogens is 240 g/mol. The Morgan fingerprint density at radius 3 is 0.900 bits per heavy atom. The second kappa shape index (κ2) is 19.0. The molecule has 121 valence electrons. The van der Waals surface area contributed by atoms with Crippen molar-refractivity contribution in [1.29, 1.82) is 0 Å². The Kier molecular flexibility index (Phi) is 19.0. The monoisotopic (exact) mass is 281 g/mol. The molecule has 0 atom stereocenters. The SMILES string of the molecule is [CH2]CCCCCCCCCCCCCCCCCCC. The summed E-state index contributed by atoms with van der Waals surface area (Å²) in [4.78, 5) is 0. The van der Waals surface area contributed by atoms with Crippen LogP contribution in [-0.4, -0.2) is 0 Å². The predicted molar refractivity (Wildman–Crippen MR) is 94.1 cm³/mol.